The SMILES string of the molecule is COc1ccc(C(c2ccc(NC(=O)C=Cc3cccc(-c4ccc(C)cc4)c3)cc2)N2CCNCC2)cc1. The smallest absolute Gasteiger partial charge is 0.248 e. The summed E-state index contributed by atoms with van der Waals surface area (Å²) in [4.78, 5) is 15.2. The second-order valence-corrected chi connectivity index (χ2v) is 9.90. The number of methoxy groups -OCH3 is 1. The van der Waals surface area contributed by atoms with Crippen molar-refractivity contribution in [2.24, 2.45) is 0 Å². The minimum Gasteiger partial charge on any atom is -0.497 e. The van der Waals surface area contributed by atoms with Gasteiger partial charge in [-0.15, -0.1) is 0 Å². The van der Waals surface area contributed by atoms with Crippen LogP contribution in [-0.4, -0.2) is 44.1 Å². The van der Waals surface area contributed by atoms with Crippen LogP contribution in [0, 0.1) is 6.92 Å². The number of carbonyl (C=O) groups excluding carboxylic acids is 1. The summed E-state index contributed by atoms with van der Waals surface area (Å²) < 4.78 is 5.36. The first-order valence-electron chi connectivity index (χ1n) is 13.4. The van der Waals surface area contributed by atoms with Crippen LogP contribution < -0.4 is 15.4 Å². The molecule has 5 nitrogen and oxygen atoms in total. The highest BCUT2D eigenvalue weighted by Gasteiger charge is 2.24. The van der Waals surface area contributed by atoms with Crippen LogP contribution in [0.4, 0.5) is 5.69 Å². The van der Waals surface area contributed by atoms with Crippen molar-refractivity contribution in [3.8, 4) is 16.9 Å². The fourth-order valence-corrected chi connectivity index (χ4v) is 5.01. The monoisotopic (exact) mass is 517 g/mol. The van der Waals surface area contributed by atoms with Gasteiger partial charge in [-0.05, 0) is 71.1 Å². The maximum absolute atomic E-state index is 12.7. The van der Waals surface area contributed by atoms with Gasteiger partial charge in [0.05, 0.1) is 13.2 Å². The summed E-state index contributed by atoms with van der Waals surface area (Å²) in [6, 6.07) is 33.3. The summed E-state index contributed by atoms with van der Waals surface area (Å²) in [5, 5.41) is 6.44. The number of hydrogen-bond donors (Lipinski definition) is 2. The number of benzene rings is 4. The lowest BCUT2D eigenvalue weighted by atomic mass is 9.96. The molecule has 198 valence electrons. The lowest BCUT2D eigenvalue weighted by molar-refractivity contribution is -0.111. The maximum atomic E-state index is 12.7. The van der Waals surface area contributed by atoms with Gasteiger partial charge in [-0.3, -0.25) is 9.69 Å². The number of aryl methyl sites for hydroxylation is 1. The van der Waals surface area contributed by atoms with Gasteiger partial charge in [-0.2, -0.15) is 0 Å². The van der Waals surface area contributed by atoms with Gasteiger partial charge < -0.3 is 15.4 Å². The molecule has 1 atom stereocenters. The number of ether oxygens (including phenoxy) is 1. The molecule has 0 aromatic heterocycles. The van der Waals surface area contributed by atoms with Crippen LogP contribution >= 0.6 is 0 Å². The molecule has 2 N–H and O–H groups in total. The second-order valence-electron chi connectivity index (χ2n) is 9.90. The zero-order valence-electron chi connectivity index (χ0n) is 22.6. The van der Waals surface area contributed by atoms with Gasteiger partial charge in [-0.1, -0.05) is 72.3 Å². The van der Waals surface area contributed by atoms with Gasteiger partial charge in [-0.25, -0.2) is 0 Å². The highest BCUT2D eigenvalue weighted by Crippen LogP contribution is 2.31. The number of anilines is 1. The molecule has 0 saturated carbocycles. The molecule has 4 aromatic carbocycles. The van der Waals surface area contributed by atoms with Gasteiger partial charge >= 0.3 is 0 Å². The molecule has 1 heterocycles. The predicted octanol–water partition coefficient (Wildman–Crippen LogP) is 6.32. The standard InChI is InChI=1S/C34H35N3O2/c1-25-6-9-27(10-7-25)30-5-3-4-26(24-30)8-19-33(38)36-31-15-11-28(12-16-31)34(37-22-20-35-21-23-37)29-13-17-32(39-2)18-14-29/h3-19,24,34-35H,20-23H2,1-2H3,(H,36,38). The Balaban J connectivity index is 1.27. The molecular weight excluding hydrogens is 482 g/mol. The topological polar surface area (TPSA) is 53.6 Å². The van der Waals surface area contributed by atoms with Crippen LogP contribution in [0.15, 0.2) is 103 Å². The molecule has 1 aliphatic rings. The maximum Gasteiger partial charge on any atom is 0.248 e. The summed E-state index contributed by atoms with van der Waals surface area (Å²) in [5.74, 6) is 0.697. The van der Waals surface area contributed by atoms with Crippen molar-refractivity contribution in [2.75, 3.05) is 38.6 Å². The molecule has 4 aromatic rings. The van der Waals surface area contributed by atoms with E-state index in [0.717, 1.165) is 54.3 Å². The van der Waals surface area contributed by atoms with E-state index >= 15 is 0 Å². The average Bonchev–Trinajstić information content (AvgIpc) is 2.98. The third-order valence-electron chi connectivity index (χ3n) is 7.14. The Hall–Kier alpha value is -4.19. The zero-order chi connectivity index (χ0) is 27.0. The number of piperazine rings is 1. The van der Waals surface area contributed by atoms with E-state index in [1.54, 1.807) is 13.2 Å². The molecule has 1 aliphatic heterocycles. The van der Waals surface area contributed by atoms with Crippen molar-refractivity contribution in [1.82, 2.24) is 10.2 Å². The first kappa shape index (κ1) is 26.4. The Labute approximate surface area is 231 Å². The van der Waals surface area contributed by atoms with E-state index in [4.69, 9.17) is 4.74 Å². The minimum absolute atomic E-state index is 0.142. The molecule has 1 amide bonds. The normalized spacial score (nSPS) is 14.7. The number of nitrogens with zero attached hydrogens (tertiary/aromatic N) is 1. The number of hydrogen-bond acceptors (Lipinski definition) is 4. The summed E-state index contributed by atoms with van der Waals surface area (Å²) in [6.45, 7) is 5.99. The number of amides is 1. The molecule has 1 saturated heterocycles. The summed E-state index contributed by atoms with van der Waals surface area (Å²) in [6.07, 6.45) is 3.44. The molecule has 1 unspecified atom stereocenters. The van der Waals surface area contributed by atoms with Crippen LogP contribution in [0.2, 0.25) is 0 Å². The van der Waals surface area contributed by atoms with Gasteiger partial charge in [0.2, 0.25) is 5.91 Å². The number of carbonyl (C=O) groups is 1. The third-order valence-corrected chi connectivity index (χ3v) is 7.14. The number of rotatable bonds is 8. The Kier molecular flexibility index (Phi) is 8.51. The van der Waals surface area contributed by atoms with Crippen molar-refractivity contribution in [3.05, 3.63) is 125 Å². The van der Waals surface area contributed by atoms with Crippen molar-refractivity contribution in [1.29, 1.82) is 0 Å². The average molecular weight is 518 g/mol. The van der Waals surface area contributed by atoms with E-state index < -0.39 is 0 Å². The molecule has 0 radical (unpaired) electrons. The molecule has 0 aliphatic carbocycles. The molecule has 0 spiro atoms. The van der Waals surface area contributed by atoms with E-state index in [1.165, 1.54) is 16.7 Å². The van der Waals surface area contributed by atoms with Crippen molar-refractivity contribution >= 4 is 17.7 Å². The van der Waals surface area contributed by atoms with Gasteiger partial charge in [0.25, 0.3) is 0 Å². The molecule has 1 fully saturated rings. The first-order chi connectivity index (χ1) is 19.1. The summed E-state index contributed by atoms with van der Waals surface area (Å²) in [7, 11) is 1.69. The fourth-order valence-electron chi connectivity index (χ4n) is 5.01. The van der Waals surface area contributed by atoms with Crippen molar-refractivity contribution in [2.45, 2.75) is 13.0 Å². The van der Waals surface area contributed by atoms with Crippen molar-refractivity contribution in [3.63, 3.8) is 0 Å². The van der Waals surface area contributed by atoms with Crippen LogP contribution in [0.5, 0.6) is 5.75 Å². The third kappa shape index (κ3) is 6.82. The van der Waals surface area contributed by atoms with Gasteiger partial charge in [0, 0.05) is 37.9 Å². The Morgan fingerprint density at radius 1 is 0.872 bits per heavy atom. The van der Waals surface area contributed by atoms with E-state index in [2.05, 4.69) is 83.1 Å². The predicted molar refractivity (Wildman–Crippen MR) is 160 cm³/mol. The highest BCUT2D eigenvalue weighted by molar-refractivity contribution is 6.02. The highest BCUT2D eigenvalue weighted by atomic mass is 16.5. The lowest BCUT2D eigenvalue weighted by Gasteiger charge is -2.35. The first-order valence-corrected chi connectivity index (χ1v) is 13.4. The fraction of sp³-hybridized carbons (Fsp3) is 0.206. The van der Waals surface area contributed by atoms with E-state index in [9.17, 15) is 4.79 Å². The quantitative estimate of drug-likeness (QED) is 0.269. The Bertz CT molecular complexity index is 1400. The van der Waals surface area contributed by atoms with Crippen LogP contribution in [-0.2, 0) is 4.79 Å². The molecule has 5 rings (SSSR count). The molecular formula is C34H35N3O2. The second kappa shape index (κ2) is 12.6. The Morgan fingerprint density at radius 3 is 2.21 bits per heavy atom. The van der Waals surface area contributed by atoms with Crippen molar-refractivity contribution < 1.29 is 9.53 Å². The van der Waals surface area contributed by atoms with Crippen LogP contribution in [0.1, 0.15) is 28.3 Å². The van der Waals surface area contributed by atoms with Crippen LogP contribution in [0.25, 0.3) is 17.2 Å². The summed E-state index contributed by atoms with van der Waals surface area (Å²) >= 11 is 0. The number of nitrogens with one attached hydrogen (secondary N) is 2. The zero-order valence-corrected chi connectivity index (χ0v) is 22.6. The van der Waals surface area contributed by atoms with Gasteiger partial charge in [0.1, 0.15) is 5.75 Å². The van der Waals surface area contributed by atoms with E-state index in [-0.39, 0.29) is 11.9 Å². The largest absolute Gasteiger partial charge is 0.497 e. The van der Waals surface area contributed by atoms with E-state index in [0.29, 0.717) is 0 Å². The van der Waals surface area contributed by atoms with Gasteiger partial charge in [0.15, 0.2) is 0 Å². The summed E-state index contributed by atoms with van der Waals surface area (Å²) in [5.41, 5.74) is 7.71. The molecule has 0 bridgehead atoms. The molecule has 5 heteroatoms. The molecule has 39 heavy (non-hydrogen) atoms. The van der Waals surface area contributed by atoms with E-state index in [1.807, 2.05) is 42.5 Å². The minimum atomic E-state index is -0.155. The lowest BCUT2D eigenvalue weighted by Crippen LogP contribution is -2.45. The van der Waals surface area contributed by atoms with Crippen LogP contribution in [0.3, 0.4) is 0 Å². The Morgan fingerprint density at radius 2 is 1.54 bits per heavy atom.